The highest BCUT2D eigenvalue weighted by Gasteiger charge is 2.11. The summed E-state index contributed by atoms with van der Waals surface area (Å²) >= 11 is 0. The topological polar surface area (TPSA) is 37.8 Å². The van der Waals surface area contributed by atoms with Gasteiger partial charge >= 0.3 is 0 Å². The Hall–Kier alpha value is -1.97. The number of aromatic nitrogens is 2. The van der Waals surface area contributed by atoms with Crippen molar-refractivity contribution in [1.29, 1.82) is 0 Å². The molecule has 0 radical (unpaired) electrons. The molecule has 0 amide bonds. The number of anilines is 1. The second-order valence-corrected chi connectivity index (χ2v) is 4.70. The Morgan fingerprint density at radius 1 is 1.15 bits per heavy atom. The Morgan fingerprint density at radius 3 is 2.55 bits per heavy atom. The van der Waals surface area contributed by atoms with E-state index >= 15 is 0 Å². The predicted octanol–water partition coefficient (Wildman–Crippen LogP) is 3.51. The van der Waals surface area contributed by atoms with Crippen molar-refractivity contribution in [2.24, 2.45) is 0 Å². The number of hydrogen-bond donors (Lipinski definition) is 1. The Morgan fingerprint density at radius 2 is 1.90 bits per heavy atom. The van der Waals surface area contributed by atoms with Crippen LogP contribution in [-0.2, 0) is 12.8 Å². The smallest absolute Gasteiger partial charge is 0.135 e. The van der Waals surface area contributed by atoms with E-state index in [1.54, 1.807) is 12.1 Å². The molecule has 1 heterocycles. The molecule has 0 unspecified atom stereocenters. The maximum absolute atomic E-state index is 13.7. The highest BCUT2D eigenvalue weighted by atomic mass is 19.1. The first-order chi connectivity index (χ1) is 9.65. The summed E-state index contributed by atoms with van der Waals surface area (Å²) in [5.41, 5.74) is 2.72. The van der Waals surface area contributed by atoms with Gasteiger partial charge in [0.25, 0.3) is 0 Å². The average Bonchev–Trinajstić information content (AvgIpc) is 2.42. The van der Waals surface area contributed by atoms with E-state index in [0.29, 0.717) is 17.8 Å². The highest BCUT2D eigenvalue weighted by Crippen LogP contribution is 2.19. The number of hydrogen-bond acceptors (Lipinski definition) is 3. The first-order valence-electron chi connectivity index (χ1n) is 6.99. The van der Waals surface area contributed by atoms with Crippen LogP contribution in [0.15, 0.2) is 24.3 Å². The molecule has 1 aromatic carbocycles. The van der Waals surface area contributed by atoms with E-state index in [1.165, 1.54) is 6.07 Å². The van der Waals surface area contributed by atoms with Gasteiger partial charge in [-0.1, -0.05) is 25.1 Å². The second kappa shape index (κ2) is 6.46. The van der Waals surface area contributed by atoms with Crippen molar-refractivity contribution in [3.63, 3.8) is 0 Å². The summed E-state index contributed by atoms with van der Waals surface area (Å²) in [6.45, 7) is 6.91. The first kappa shape index (κ1) is 14.4. The minimum Gasteiger partial charge on any atom is -0.370 e. The van der Waals surface area contributed by atoms with Gasteiger partial charge < -0.3 is 5.32 Å². The zero-order valence-corrected chi connectivity index (χ0v) is 12.2. The van der Waals surface area contributed by atoms with Crippen LogP contribution in [0.25, 0.3) is 0 Å². The summed E-state index contributed by atoms with van der Waals surface area (Å²) in [4.78, 5) is 9.05. The Balaban J connectivity index is 2.35. The summed E-state index contributed by atoms with van der Waals surface area (Å²) in [5.74, 6) is 1.31. The molecule has 0 atom stereocenters. The molecule has 2 aromatic rings. The SMILES string of the molecule is CCNc1nc(Cc2ccccc2F)nc(C)c1CC. The summed E-state index contributed by atoms with van der Waals surface area (Å²) in [7, 11) is 0. The molecule has 1 N–H and O–H groups in total. The van der Waals surface area contributed by atoms with Crippen LogP contribution in [0.4, 0.5) is 10.2 Å². The van der Waals surface area contributed by atoms with E-state index in [1.807, 2.05) is 19.9 Å². The minimum atomic E-state index is -0.210. The Kier molecular flexibility index (Phi) is 4.66. The maximum atomic E-state index is 13.7. The van der Waals surface area contributed by atoms with Gasteiger partial charge in [0, 0.05) is 24.2 Å². The van der Waals surface area contributed by atoms with Gasteiger partial charge in [0.2, 0.25) is 0 Å². The van der Waals surface area contributed by atoms with Crippen LogP contribution in [0.5, 0.6) is 0 Å². The van der Waals surface area contributed by atoms with Gasteiger partial charge in [0.15, 0.2) is 0 Å². The molecule has 2 rings (SSSR count). The summed E-state index contributed by atoms with van der Waals surface area (Å²) < 4.78 is 13.7. The van der Waals surface area contributed by atoms with E-state index in [2.05, 4.69) is 22.2 Å². The standard InChI is InChI=1S/C16H20FN3/c1-4-13-11(3)19-15(20-16(13)18-5-2)10-12-8-6-7-9-14(12)17/h6-9H,4-5,10H2,1-3H3,(H,18,19,20). The number of aryl methyl sites for hydroxylation is 1. The lowest BCUT2D eigenvalue weighted by Gasteiger charge is -2.13. The van der Waals surface area contributed by atoms with E-state index < -0.39 is 0 Å². The lowest BCUT2D eigenvalue weighted by Crippen LogP contribution is -2.10. The number of benzene rings is 1. The summed E-state index contributed by atoms with van der Waals surface area (Å²) in [6.07, 6.45) is 1.30. The minimum absolute atomic E-state index is 0.210. The zero-order valence-electron chi connectivity index (χ0n) is 12.2. The van der Waals surface area contributed by atoms with Gasteiger partial charge in [-0.15, -0.1) is 0 Å². The Bertz CT molecular complexity index is 596. The highest BCUT2D eigenvalue weighted by molar-refractivity contribution is 5.46. The lowest BCUT2D eigenvalue weighted by atomic mass is 10.1. The molecule has 0 saturated carbocycles. The van der Waals surface area contributed by atoms with Crippen LogP contribution in [0.2, 0.25) is 0 Å². The normalized spacial score (nSPS) is 10.6. The van der Waals surface area contributed by atoms with Crippen molar-refractivity contribution in [2.75, 3.05) is 11.9 Å². The van der Waals surface area contributed by atoms with Crippen molar-refractivity contribution in [2.45, 2.75) is 33.6 Å². The molecule has 0 spiro atoms. The van der Waals surface area contributed by atoms with Gasteiger partial charge in [-0.3, -0.25) is 0 Å². The second-order valence-electron chi connectivity index (χ2n) is 4.70. The fourth-order valence-electron chi connectivity index (χ4n) is 2.28. The number of halogens is 1. The van der Waals surface area contributed by atoms with Crippen molar-refractivity contribution < 1.29 is 4.39 Å². The zero-order chi connectivity index (χ0) is 14.5. The molecule has 0 aliphatic carbocycles. The van der Waals surface area contributed by atoms with Crippen LogP contribution in [0.1, 0.15) is 36.5 Å². The summed E-state index contributed by atoms with van der Waals surface area (Å²) in [6, 6.07) is 6.76. The van der Waals surface area contributed by atoms with Crippen molar-refractivity contribution >= 4 is 5.82 Å². The van der Waals surface area contributed by atoms with Crippen LogP contribution in [0, 0.1) is 12.7 Å². The number of rotatable bonds is 5. The van der Waals surface area contributed by atoms with Gasteiger partial charge in [-0.25, -0.2) is 14.4 Å². The molecule has 1 aromatic heterocycles. The largest absolute Gasteiger partial charge is 0.370 e. The predicted molar refractivity (Wildman–Crippen MR) is 79.5 cm³/mol. The van der Waals surface area contributed by atoms with Gasteiger partial charge in [0.05, 0.1) is 0 Å². The fraction of sp³-hybridized carbons (Fsp3) is 0.375. The molecule has 20 heavy (non-hydrogen) atoms. The van der Waals surface area contributed by atoms with E-state index in [0.717, 1.165) is 30.0 Å². The van der Waals surface area contributed by atoms with E-state index in [-0.39, 0.29) is 5.82 Å². The van der Waals surface area contributed by atoms with E-state index in [9.17, 15) is 4.39 Å². The third-order valence-electron chi connectivity index (χ3n) is 3.26. The van der Waals surface area contributed by atoms with Crippen molar-refractivity contribution in [3.05, 3.63) is 52.7 Å². The third-order valence-corrected chi connectivity index (χ3v) is 3.26. The van der Waals surface area contributed by atoms with Gasteiger partial charge in [-0.2, -0.15) is 0 Å². The first-order valence-corrected chi connectivity index (χ1v) is 6.99. The molecule has 0 aliphatic rings. The van der Waals surface area contributed by atoms with Crippen LogP contribution in [-0.4, -0.2) is 16.5 Å². The molecule has 0 fully saturated rings. The molecule has 106 valence electrons. The molecule has 3 nitrogen and oxygen atoms in total. The molecule has 4 heteroatoms. The van der Waals surface area contributed by atoms with Gasteiger partial charge in [-0.05, 0) is 31.9 Å². The van der Waals surface area contributed by atoms with Crippen LogP contribution < -0.4 is 5.32 Å². The van der Waals surface area contributed by atoms with Crippen LogP contribution >= 0.6 is 0 Å². The molecule has 0 aliphatic heterocycles. The Labute approximate surface area is 119 Å². The third kappa shape index (κ3) is 3.13. The monoisotopic (exact) mass is 273 g/mol. The summed E-state index contributed by atoms with van der Waals surface area (Å²) in [5, 5.41) is 3.26. The van der Waals surface area contributed by atoms with Crippen molar-refractivity contribution in [1.82, 2.24) is 9.97 Å². The molecule has 0 bridgehead atoms. The maximum Gasteiger partial charge on any atom is 0.135 e. The van der Waals surface area contributed by atoms with Crippen LogP contribution in [0.3, 0.4) is 0 Å². The molecular weight excluding hydrogens is 253 g/mol. The van der Waals surface area contributed by atoms with Gasteiger partial charge in [0.1, 0.15) is 17.5 Å². The molecule has 0 saturated heterocycles. The van der Waals surface area contributed by atoms with E-state index in [4.69, 9.17) is 0 Å². The molecular formula is C16H20FN3. The number of nitrogens with zero attached hydrogens (tertiary/aromatic N) is 2. The number of nitrogens with one attached hydrogen (secondary N) is 1. The fourth-order valence-corrected chi connectivity index (χ4v) is 2.28. The lowest BCUT2D eigenvalue weighted by molar-refractivity contribution is 0.612. The average molecular weight is 273 g/mol. The van der Waals surface area contributed by atoms with Crippen molar-refractivity contribution in [3.8, 4) is 0 Å². The quantitative estimate of drug-likeness (QED) is 0.906.